The molecule has 2 aliphatic rings. The maximum Gasteiger partial charge on any atom is 0.237 e. The number of rotatable bonds is 3. The van der Waals surface area contributed by atoms with Gasteiger partial charge in [0.1, 0.15) is 0 Å². The number of carbonyl (C=O) groups is 2. The average molecular weight is 296 g/mol. The number of hydrazine groups is 1. The Morgan fingerprint density at radius 3 is 2.38 bits per heavy atom. The quantitative estimate of drug-likeness (QED) is 0.447. The molecule has 2 aliphatic heterocycles. The lowest BCUT2D eigenvalue weighted by molar-refractivity contribution is -0.137. The van der Waals surface area contributed by atoms with Crippen LogP contribution in [0.3, 0.4) is 0 Å². The third-order valence-electron chi connectivity index (χ3n) is 4.98. The summed E-state index contributed by atoms with van der Waals surface area (Å²) in [5.41, 5.74) is 2.20. The van der Waals surface area contributed by atoms with Crippen LogP contribution in [-0.4, -0.2) is 53.8 Å². The predicted octanol–water partition coefficient (Wildman–Crippen LogP) is 0.335. The van der Waals surface area contributed by atoms with Crippen molar-refractivity contribution in [1.29, 1.82) is 0 Å². The molecule has 21 heavy (non-hydrogen) atoms. The monoisotopic (exact) mass is 296 g/mol. The molecule has 0 aromatic carbocycles. The van der Waals surface area contributed by atoms with Crippen LogP contribution in [0.4, 0.5) is 0 Å². The molecule has 2 atom stereocenters. The van der Waals surface area contributed by atoms with Gasteiger partial charge in [-0.2, -0.15) is 0 Å². The van der Waals surface area contributed by atoms with Crippen LogP contribution in [0.25, 0.3) is 0 Å². The summed E-state index contributed by atoms with van der Waals surface area (Å²) < 4.78 is 0. The average Bonchev–Trinajstić information content (AvgIpc) is 2.49. The Labute approximate surface area is 127 Å². The Kier molecular flexibility index (Phi) is 5.58. The number of nitrogens with one attached hydrogen (secondary N) is 1. The molecule has 6 heteroatoms. The lowest BCUT2D eigenvalue weighted by atomic mass is 9.93. The lowest BCUT2D eigenvalue weighted by Crippen LogP contribution is -2.50. The number of amides is 2. The van der Waals surface area contributed by atoms with Crippen LogP contribution in [0.5, 0.6) is 0 Å². The Balaban J connectivity index is 1.78. The van der Waals surface area contributed by atoms with Crippen LogP contribution < -0.4 is 11.3 Å². The van der Waals surface area contributed by atoms with Crippen LogP contribution in [0, 0.1) is 11.8 Å². The van der Waals surface area contributed by atoms with Crippen molar-refractivity contribution in [2.24, 2.45) is 17.7 Å². The molecular weight excluding hydrogens is 268 g/mol. The fraction of sp³-hybridized carbons (Fsp3) is 0.867. The van der Waals surface area contributed by atoms with Crippen LogP contribution in [0.15, 0.2) is 0 Å². The molecule has 0 radical (unpaired) electrons. The lowest BCUT2D eigenvalue weighted by Gasteiger charge is -2.38. The topological polar surface area (TPSA) is 78.7 Å². The molecule has 2 saturated heterocycles. The van der Waals surface area contributed by atoms with Gasteiger partial charge in [0.05, 0.1) is 6.54 Å². The smallest absolute Gasteiger partial charge is 0.237 e. The van der Waals surface area contributed by atoms with Gasteiger partial charge in [-0.3, -0.25) is 19.9 Å². The summed E-state index contributed by atoms with van der Waals surface area (Å²) in [5, 5.41) is 0. The van der Waals surface area contributed by atoms with E-state index in [-0.39, 0.29) is 17.7 Å². The predicted molar refractivity (Wildman–Crippen MR) is 81.1 cm³/mol. The fourth-order valence-electron chi connectivity index (χ4n) is 3.47. The minimum absolute atomic E-state index is 0.0474. The Morgan fingerprint density at radius 1 is 1.14 bits per heavy atom. The van der Waals surface area contributed by atoms with E-state index in [9.17, 15) is 9.59 Å². The van der Waals surface area contributed by atoms with E-state index in [2.05, 4.69) is 24.2 Å². The van der Waals surface area contributed by atoms with Crippen molar-refractivity contribution in [1.82, 2.24) is 15.2 Å². The van der Waals surface area contributed by atoms with E-state index in [0.29, 0.717) is 38.5 Å². The van der Waals surface area contributed by atoms with Gasteiger partial charge in [-0.05, 0) is 45.1 Å². The van der Waals surface area contributed by atoms with Crippen molar-refractivity contribution in [3.8, 4) is 0 Å². The molecule has 120 valence electrons. The Morgan fingerprint density at radius 2 is 1.81 bits per heavy atom. The van der Waals surface area contributed by atoms with E-state index in [1.165, 1.54) is 12.8 Å². The summed E-state index contributed by atoms with van der Waals surface area (Å²) in [6.45, 7) is 7.34. The van der Waals surface area contributed by atoms with Gasteiger partial charge in [0.15, 0.2) is 0 Å². The van der Waals surface area contributed by atoms with Gasteiger partial charge in [0.25, 0.3) is 0 Å². The number of carbonyl (C=O) groups excluding carboxylic acids is 2. The molecule has 2 fully saturated rings. The molecule has 0 saturated carbocycles. The van der Waals surface area contributed by atoms with E-state index in [0.717, 1.165) is 12.5 Å². The minimum Gasteiger partial charge on any atom is -0.342 e. The summed E-state index contributed by atoms with van der Waals surface area (Å²) in [4.78, 5) is 28.1. The zero-order valence-electron chi connectivity index (χ0n) is 13.2. The highest BCUT2D eigenvalue weighted by Crippen LogP contribution is 2.23. The molecule has 2 rings (SSSR count). The molecule has 6 nitrogen and oxygen atoms in total. The van der Waals surface area contributed by atoms with Crippen LogP contribution in [0.1, 0.15) is 39.5 Å². The maximum atomic E-state index is 12.4. The van der Waals surface area contributed by atoms with Crippen molar-refractivity contribution in [3.63, 3.8) is 0 Å². The van der Waals surface area contributed by atoms with Crippen molar-refractivity contribution >= 4 is 11.8 Å². The first kappa shape index (κ1) is 16.2. The van der Waals surface area contributed by atoms with Crippen LogP contribution in [0.2, 0.25) is 0 Å². The highest BCUT2D eigenvalue weighted by Gasteiger charge is 2.29. The summed E-state index contributed by atoms with van der Waals surface area (Å²) in [7, 11) is 0. The van der Waals surface area contributed by atoms with Crippen molar-refractivity contribution in [2.45, 2.75) is 45.6 Å². The second kappa shape index (κ2) is 7.22. The van der Waals surface area contributed by atoms with E-state index in [1.54, 1.807) is 0 Å². The first-order valence-electron chi connectivity index (χ1n) is 8.03. The number of nitrogens with zero attached hydrogens (tertiary/aromatic N) is 2. The SMILES string of the molecule is CC1CCN(CC(=O)N2CCC(C(=O)NN)CC2)C(C)C1. The molecule has 0 aliphatic carbocycles. The van der Waals surface area contributed by atoms with Gasteiger partial charge < -0.3 is 4.90 Å². The summed E-state index contributed by atoms with van der Waals surface area (Å²) in [5.74, 6) is 5.96. The highest BCUT2D eigenvalue weighted by molar-refractivity contribution is 5.80. The van der Waals surface area contributed by atoms with Crippen molar-refractivity contribution < 1.29 is 9.59 Å². The summed E-state index contributed by atoms with van der Waals surface area (Å²) in [6, 6.07) is 0.484. The largest absolute Gasteiger partial charge is 0.342 e. The molecule has 2 amide bonds. The third-order valence-corrected chi connectivity index (χ3v) is 4.98. The zero-order chi connectivity index (χ0) is 15.4. The van der Waals surface area contributed by atoms with Gasteiger partial charge in [0, 0.05) is 25.0 Å². The van der Waals surface area contributed by atoms with Crippen molar-refractivity contribution in [3.05, 3.63) is 0 Å². The van der Waals surface area contributed by atoms with E-state index >= 15 is 0 Å². The van der Waals surface area contributed by atoms with Gasteiger partial charge >= 0.3 is 0 Å². The third kappa shape index (κ3) is 4.17. The molecule has 2 unspecified atom stereocenters. The zero-order valence-corrected chi connectivity index (χ0v) is 13.2. The standard InChI is InChI=1S/C15H28N4O2/c1-11-3-6-19(12(2)9-11)10-14(20)18-7-4-13(5-8-18)15(21)17-16/h11-13H,3-10,16H2,1-2H3,(H,17,21). The summed E-state index contributed by atoms with van der Waals surface area (Å²) >= 11 is 0. The number of hydrogen-bond donors (Lipinski definition) is 2. The van der Waals surface area contributed by atoms with Crippen molar-refractivity contribution in [2.75, 3.05) is 26.2 Å². The highest BCUT2D eigenvalue weighted by atomic mass is 16.2. The molecule has 2 heterocycles. The second-order valence-electron chi connectivity index (χ2n) is 6.61. The Bertz CT molecular complexity index is 380. The number of nitrogens with two attached hydrogens (primary N) is 1. The maximum absolute atomic E-state index is 12.4. The van der Waals surface area contributed by atoms with Crippen LogP contribution >= 0.6 is 0 Å². The molecule has 0 aromatic heterocycles. The fourth-order valence-corrected chi connectivity index (χ4v) is 3.47. The van der Waals surface area contributed by atoms with E-state index in [4.69, 9.17) is 5.84 Å². The second-order valence-corrected chi connectivity index (χ2v) is 6.61. The molecule has 0 spiro atoms. The molecule has 3 N–H and O–H groups in total. The number of piperidine rings is 2. The van der Waals surface area contributed by atoms with E-state index in [1.807, 2.05) is 4.90 Å². The number of likely N-dealkylation sites (tertiary alicyclic amines) is 2. The first-order valence-corrected chi connectivity index (χ1v) is 8.03. The molecule has 0 aromatic rings. The number of hydrogen-bond acceptors (Lipinski definition) is 4. The van der Waals surface area contributed by atoms with Gasteiger partial charge in [-0.25, -0.2) is 5.84 Å². The van der Waals surface area contributed by atoms with E-state index < -0.39 is 0 Å². The normalized spacial score (nSPS) is 28.4. The van der Waals surface area contributed by atoms with Gasteiger partial charge in [0.2, 0.25) is 11.8 Å². The minimum atomic E-state index is -0.110. The van der Waals surface area contributed by atoms with Gasteiger partial charge in [-0.15, -0.1) is 0 Å². The van der Waals surface area contributed by atoms with Gasteiger partial charge in [-0.1, -0.05) is 6.92 Å². The molecule has 0 bridgehead atoms. The van der Waals surface area contributed by atoms with Crippen LogP contribution in [-0.2, 0) is 9.59 Å². The first-order chi connectivity index (χ1) is 10.0. The Hall–Kier alpha value is -1.14. The molecular formula is C15H28N4O2. The summed E-state index contributed by atoms with van der Waals surface area (Å²) in [6.07, 6.45) is 3.77.